The van der Waals surface area contributed by atoms with Crippen molar-refractivity contribution in [2.75, 3.05) is 0 Å². The average Bonchev–Trinajstić information content (AvgIpc) is 2.68. The Bertz CT molecular complexity index is 527. The minimum absolute atomic E-state index is 0.0266. The molecule has 0 aliphatic heterocycles. The highest BCUT2D eigenvalue weighted by Gasteiger charge is 2.16. The molecule has 1 unspecified atom stereocenters. The molecule has 6 heteroatoms. The standard InChI is InChI=1S/C12H11Cl2IN2S/c13-11-6-9(12(14)18-11)10(17-16)5-7-1-3-8(15)4-2-7/h1-4,6,10,17H,5,16H2. The van der Waals surface area contributed by atoms with Crippen molar-refractivity contribution in [3.8, 4) is 0 Å². The van der Waals surface area contributed by atoms with E-state index >= 15 is 0 Å². The lowest BCUT2D eigenvalue weighted by molar-refractivity contribution is 0.553. The van der Waals surface area contributed by atoms with E-state index in [1.807, 2.05) is 6.07 Å². The molecule has 0 fully saturated rings. The quantitative estimate of drug-likeness (QED) is 0.443. The van der Waals surface area contributed by atoms with Gasteiger partial charge in [-0.05, 0) is 52.8 Å². The molecular weight excluding hydrogens is 402 g/mol. The summed E-state index contributed by atoms with van der Waals surface area (Å²) in [6.45, 7) is 0. The molecule has 1 heterocycles. The Morgan fingerprint density at radius 1 is 1.28 bits per heavy atom. The van der Waals surface area contributed by atoms with Crippen molar-refractivity contribution in [2.24, 2.45) is 5.84 Å². The lowest BCUT2D eigenvalue weighted by Crippen LogP contribution is -2.29. The highest BCUT2D eigenvalue weighted by atomic mass is 127. The van der Waals surface area contributed by atoms with Gasteiger partial charge in [-0.15, -0.1) is 11.3 Å². The van der Waals surface area contributed by atoms with E-state index in [-0.39, 0.29) is 6.04 Å². The number of thiophene rings is 1. The Hall–Kier alpha value is 0.150. The van der Waals surface area contributed by atoms with Crippen molar-refractivity contribution >= 4 is 57.1 Å². The molecule has 0 aliphatic rings. The van der Waals surface area contributed by atoms with Crippen LogP contribution in [-0.4, -0.2) is 0 Å². The monoisotopic (exact) mass is 412 g/mol. The molecule has 1 atom stereocenters. The first kappa shape index (κ1) is 14.6. The van der Waals surface area contributed by atoms with Crippen LogP contribution in [-0.2, 0) is 6.42 Å². The van der Waals surface area contributed by atoms with Crippen molar-refractivity contribution in [3.63, 3.8) is 0 Å². The summed E-state index contributed by atoms with van der Waals surface area (Å²) in [4.78, 5) is 0. The smallest absolute Gasteiger partial charge is 0.0992 e. The van der Waals surface area contributed by atoms with Crippen LogP contribution in [0.4, 0.5) is 0 Å². The highest BCUT2D eigenvalue weighted by Crippen LogP contribution is 2.35. The topological polar surface area (TPSA) is 38.0 Å². The first-order valence-electron chi connectivity index (χ1n) is 5.25. The molecule has 18 heavy (non-hydrogen) atoms. The Kier molecular flexibility index (Phi) is 5.29. The molecule has 0 spiro atoms. The number of nitrogens with two attached hydrogens (primary N) is 1. The average molecular weight is 413 g/mol. The molecule has 0 amide bonds. The molecule has 0 saturated carbocycles. The van der Waals surface area contributed by atoms with Crippen molar-refractivity contribution < 1.29 is 0 Å². The minimum Gasteiger partial charge on any atom is -0.271 e. The number of benzene rings is 1. The van der Waals surface area contributed by atoms with E-state index in [0.29, 0.717) is 8.67 Å². The molecule has 2 rings (SSSR count). The number of rotatable bonds is 4. The molecule has 0 radical (unpaired) electrons. The third kappa shape index (κ3) is 3.59. The van der Waals surface area contributed by atoms with Gasteiger partial charge in [0.15, 0.2) is 0 Å². The summed E-state index contributed by atoms with van der Waals surface area (Å²) in [7, 11) is 0. The number of hydrogen-bond donors (Lipinski definition) is 2. The number of hydrazine groups is 1. The van der Waals surface area contributed by atoms with E-state index in [1.54, 1.807) is 0 Å². The van der Waals surface area contributed by atoms with Gasteiger partial charge in [-0.1, -0.05) is 35.3 Å². The van der Waals surface area contributed by atoms with Crippen LogP contribution in [0.2, 0.25) is 8.67 Å². The molecule has 0 aliphatic carbocycles. The summed E-state index contributed by atoms with van der Waals surface area (Å²) in [5.74, 6) is 5.61. The fraction of sp³-hybridized carbons (Fsp3) is 0.167. The van der Waals surface area contributed by atoms with Gasteiger partial charge < -0.3 is 0 Å². The van der Waals surface area contributed by atoms with Crippen LogP contribution in [0.15, 0.2) is 30.3 Å². The van der Waals surface area contributed by atoms with Crippen LogP contribution < -0.4 is 11.3 Å². The summed E-state index contributed by atoms with van der Waals surface area (Å²) in [5.41, 5.74) is 4.95. The van der Waals surface area contributed by atoms with Gasteiger partial charge in [0.05, 0.1) is 14.7 Å². The van der Waals surface area contributed by atoms with Crippen molar-refractivity contribution in [1.82, 2.24) is 5.43 Å². The van der Waals surface area contributed by atoms with E-state index < -0.39 is 0 Å². The maximum absolute atomic E-state index is 6.15. The predicted octanol–water partition coefficient (Wildman–Crippen LogP) is 4.41. The molecule has 2 aromatic rings. The largest absolute Gasteiger partial charge is 0.271 e. The second kappa shape index (κ2) is 6.54. The van der Waals surface area contributed by atoms with Crippen LogP contribution in [0, 0.1) is 3.57 Å². The normalized spacial score (nSPS) is 12.7. The number of hydrogen-bond acceptors (Lipinski definition) is 3. The van der Waals surface area contributed by atoms with Crippen molar-refractivity contribution in [1.29, 1.82) is 0 Å². The zero-order valence-electron chi connectivity index (χ0n) is 9.29. The third-order valence-electron chi connectivity index (χ3n) is 2.61. The Morgan fingerprint density at radius 2 is 1.94 bits per heavy atom. The third-order valence-corrected chi connectivity index (χ3v) is 4.85. The first-order chi connectivity index (χ1) is 8.60. The summed E-state index contributed by atoms with van der Waals surface area (Å²) in [5, 5.41) is 0. The molecule has 2 nitrogen and oxygen atoms in total. The van der Waals surface area contributed by atoms with E-state index in [2.05, 4.69) is 52.3 Å². The van der Waals surface area contributed by atoms with Crippen LogP contribution >= 0.6 is 57.1 Å². The van der Waals surface area contributed by atoms with Crippen LogP contribution in [0.25, 0.3) is 0 Å². The minimum atomic E-state index is -0.0266. The van der Waals surface area contributed by atoms with Gasteiger partial charge in [0.25, 0.3) is 0 Å². The molecular formula is C12H11Cl2IN2S. The Morgan fingerprint density at radius 3 is 2.44 bits per heavy atom. The van der Waals surface area contributed by atoms with Gasteiger partial charge in [0.1, 0.15) is 0 Å². The number of nitrogens with one attached hydrogen (secondary N) is 1. The fourth-order valence-corrected chi connectivity index (χ4v) is 3.64. The summed E-state index contributed by atoms with van der Waals surface area (Å²) < 4.78 is 2.58. The van der Waals surface area contributed by atoms with E-state index in [1.165, 1.54) is 20.5 Å². The Labute approximate surface area is 134 Å². The van der Waals surface area contributed by atoms with Crippen LogP contribution in [0.5, 0.6) is 0 Å². The van der Waals surface area contributed by atoms with Crippen molar-refractivity contribution in [2.45, 2.75) is 12.5 Å². The number of halogens is 3. The summed E-state index contributed by atoms with van der Waals surface area (Å²) >= 11 is 15.7. The van der Waals surface area contributed by atoms with E-state index in [4.69, 9.17) is 29.0 Å². The molecule has 1 aromatic carbocycles. The molecule has 3 N–H and O–H groups in total. The zero-order chi connectivity index (χ0) is 13.1. The molecule has 96 valence electrons. The van der Waals surface area contributed by atoms with E-state index in [9.17, 15) is 0 Å². The second-order valence-corrected chi connectivity index (χ2v) is 7.36. The molecule has 0 bridgehead atoms. The van der Waals surface area contributed by atoms with Gasteiger partial charge in [-0.2, -0.15) is 0 Å². The SMILES string of the molecule is NNC(Cc1ccc(I)cc1)c1cc(Cl)sc1Cl. The van der Waals surface area contributed by atoms with Gasteiger partial charge in [-0.3, -0.25) is 11.3 Å². The van der Waals surface area contributed by atoms with Crippen LogP contribution in [0.1, 0.15) is 17.2 Å². The Balaban J connectivity index is 2.19. The van der Waals surface area contributed by atoms with E-state index in [0.717, 1.165) is 12.0 Å². The molecule has 1 aromatic heterocycles. The lowest BCUT2D eigenvalue weighted by atomic mass is 10.0. The molecule has 0 saturated heterocycles. The highest BCUT2D eigenvalue weighted by molar-refractivity contribution is 14.1. The van der Waals surface area contributed by atoms with Gasteiger partial charge >= 0.3 is 0 Å². The lowest BCUT2D eigenvalue weighted by Gasteiger charge is -2.15. The second-order valence-electron chi connectivity index (χ2n) is 3.83. The van der Waals surface area contributed by atoms with Gasteiger partial charge in [-0.25, -0.2) is 0 Å². The maximum Gasteiger partial charge on any atom is 0.0992 e. The fourth-order valence-electron chi connectivity index (χ4n) is 1.71. The summed E-state index contributed by atoms with van der Waals surface area (Å²) in [6.07, 6.45) is 0.778. The van der Waals surface area contributed by atoms with Crippen LogP contribution in [0.3, 0.4) is 0 Å². The van der Waals surface area contributed by atoms with Gasteiger partial charge in [0, 0.05) is 9.13 Å². The first-order valence-corrected chi connectivity index (χ1v) is 7.90. The van der Waals surface area contributed by atoms with Crippen molar-refractivity contribution in [3.05, 3.63) is 53.7 Å². The summed E-state index contributed by atoms with van der Waals surface area (Å²) in [6, 6.07) is 10.2. The van der Waals surface area contributed by atoms with Gasteiger partial charge in [0.2, 0.25) is 0 Å². The predicted molar refractivity (Wildman–Crippen MR) is 87.3 cm³/mol. The maximum atomic E-state index is 6.15. The zero-order valence-corrected chi connectivity index (χ0v) is 13.8.